The summed E-state index contributed by atoms with van der Waals surface area (Å²) in [4.78, 5) is 37.0. The number of hydrogen-bond acceptors (Lipinski definition) is 5. The van der Waals surface area contributed by atoms with Crippen LogP contribution in [0.3, 0.4) is 0 Å². The minimum Gasteiger partial charge on any atom is -0.418 e. The molecular formula is C23H28N3O4P. The fourth-order valence-corrected chi connectivity index (χ4v) is 6.18. The quantitative estimate of drug-likeness (QED) is 0.697. The highest BCUT2D eigenvalue weighted by atomic mass is 31.1. The number of rotatable bonds is 5. The number of hydrogen-bond donors (Lipinski definition) is 2. The van der Waals surface area contributed by atoms with Crippen molar-refractivity contribution in [2.24, 2.45) is 5.41 Å². The van der Waals surface area contributed by atoms with Crippen LogP contribution in [0.4, 0.5) is 0 Å². The van der Waals surface area contributed by atoms with E-state index in [0.717, 1.165) is 44.3 Å². The van der Waals surface area contributed by atoms with Gasteiger partial charge in [-0.3, -0.25) is 9.69 Å². The lowest BCUT2D eigenvalue weighted by Crippen LogP contribution is -2.51. The number of carbonyl (C=O) groups is 2. The predicted octanol–water partition coefficient (Wildman–Crippen LogP) is 3.13. The highest BCUT2D eigenvalue weighted by Gasteiger charge is 2.51. The summed E-state index contributed by atoms with van der Waals surface area (Å²) in [5, 5.41) is 4.00. The van der Waals surface area contributed by atoms with Crippen molar-refractivity contribution >= 4 is 37.5 Å². The molecule has 7 nitrogen and oxygen atoms in total. The van der Waals surface area contributed by atoms with Crippen LogP contribution < -0.4 is 5.32 Å². The van der Waals surface area contributed by atoms with Crippen LogP contribution in [0.1, 0.15) is 50.4 Å². The molecule has 1 saturated heterocycles. The molecule has 0 saturated carbocycles. The van der Waals surface area contributed by atoms with Gasteiger partial charge < -0.3 is 19.3 Å². The van der Waals surface area contributed by atoms with Gasteiger partial charge in [0.2, 0.25) is 9.03 Å². The number of benzene rings is 1. The Bertz CT molecular complexity index is 1090. The van der Waals surface area contributed by atoms with E-state index in [1.54, 1.807) is 6.92 Å². The maximum Gasteiger partial charge on any atom is 0.332 e. The normalized spacial score (nSPS) is 25.9. The molecule has 164 valence electrons. The van der Waals surface area contributed by atoms with E-state index in [2.05, 4.69) is 50.5 Å². The van der Waals surface area contributed by atoms with Gasteiger partial charge in [-0.1, -0.05) is 25.1 Å². The van der Waals surface area contributed by atoms with Crippen LogP contribution in [0.5, 0.6) is 0 Å². The van der Waals surface area contributed by atoms with E-state index in [4.69, 9.17) is 4.89 Å². The Labute approximate surface area is 183 Å². The lowest BCUT2D eigenvalue weighted by Gasteiger charge is -2.53. The zero-order valence-electron chi connectivity index (χ0n) is 17.9. The lowest BCUT2D eigenvalue weighted by molar-refractivity contribution is -0.137. The van der Waals surface area contributed by atoms with E-state index in [1.807, 2.05) is 6.07 Å². The molecule has 2 aromatic rings. The molecule has 1 fully saturated rings. The molecular weight excluding hydrogens is 413 g/mol. The summed E-state index contributed by atoms with van der Waals surface area (Å²) in [6.07, 6.45) is 6.26. The predicted molar refractivity (Wildman–Crippen MR) is 120 cm³/mol. The van der Waals surface area contributed by atoms with Gasteiger partial charge in [-0.2, -0.15) is 0 Å². The molecule has 0 aliphatic carbocycles. The molecule has 1 amide bonds. The van der Waals surface area contributed by atoms with Gasteiger partial charge in [-0.05, 0) is 56.9 Å². The fraction of sp³-hybridized carbons (Fsp3) is 0.478. The van der Waals surface area contributed by atoms with Gasteiger partial charge in [0.25, 0.3) is 5.91 Å². The fourth-order valence-electron chi connectivity index (χ4n) is 5.91. The molecule has 31 heavy (non-hydrogen) atoms. The van der Waals surface area contributed by atoms with E-state index in [-0.39, 0.29) is 17.4 Å². The van der Waals surface area contributed by atoms with Crippen LogP contribution >= 0.6 is 9.03 Å². The summed E-state index contributed by atoms with van der Waals surface area (Å²) in [6.45, 7) is 5.93. The van der Waals surface area contributed by atoms with Crippen LogP contribution in [0.15, 0.2) is 30.3 Å². The number of amides is 1. The first-order chi connectivity index (χ1) is 15.0. The van der Waals surface area contributed by atoms with E-state index in [9.17, 15) is 9.59 Å². The van der Waals surface area contributed by atoms with E-state index in [1.165, 1.54) is 16.6 Å². The molecule has 4 heterocycles. The first kappa shape index (κ1) is 20.7. The Morgan fingerprint density at radius 2 is 2.16 bits per heavy atom. The second-order valence-electron chi connectivity index (χ2n) is 8.83. The first-order valence-corrected chi connectivity index (χ1v) is 11.9. The highest BCUT2D eigenvalue weighted by molar-refractivity contribution is 7.25. The van der Waals surface area contributed by atoms with Crippen molar-refractivity contribution in [3.63, 3.8) is 0 Å². The Balaban J connectivity index is 1.67. The third kappa shape index (κ3) is 3.05. The average molecular weight is 441 g/mol. The third-order valence-electron chi connectivity index (χ3n) is 7.33. The number of nitrogens with one attached hydrogen (secondary N) is 1. The van der Waals surface area contributed by atoms with E-state index in [0.29, 0.717) is 5.70 Å². The van der Waals surface area contributed by atoms with Crippen molar-refractivity contribution in [3.8, 4) is 0 Å². The van der Waals surface area contributed by atoms with Gasteiger partial charge in [-0.25, -0.2) is 4.79 Å². The number of aromatic nitrogens is 1. The largest absolute Gasteiger partial charge is 0.418 e. The van der Waals surface area contributed by atoms with Gasteiger partial charge >= 0.3 is 5.97 Å². The monoisotopic (exact) mass is 441 g/mol. The Morgan fingerprint density at radius 1 is 1.35 bits per heavy atom. The minimum absolute atomic E-state index is 0.0965. The average Bonchev–Trinajstić information content (AvgIpc) is 3.13. The third-order valence-corrected chi connectivity index (χ3v) is 7.62. The zero-order valence-corrected chi connectivity index (χ0v) is 18.9. The molecule has 3 aliphatic heterocycles. The Kier molecular flexibility index (Phi) is 5.16. The van der Waals surface area contributed by atoms with E-state index < -0.39 is 21.0 Å². The van der Waals surface area contributed by atoms with E-state index >= 15 is 0 Å². The molecule has 4 atom stereocenters. The molecule has 1 unspecified atom stereocenters. The van der Waals surface area contributed by atoms with Crippen molar-refractivity contribution in [2.45, 2.75) is 51.6 Å². The zero-order chi connectivity index (χ0) is 21.8. The number of piperidine rings is 1. The van der Waals surface area contributed by atoms with Crippen molar-refractivity contribution < 1.29 is 19.0 Å². The molecule has 1 aromatic heterocycles. The van der Waals surface area contributed by atoms with Gasteiger partial charge in [0, 0.05) is 23.0 Å². The minimum atomic E-state index is -0.932. The van der Waals surface area contributed by atoms with Crippen molar-refractivity contribution in [2.75, 3.05) is 13.1 Å². The topological polar surface area (TPSA) is 83.8 Å². The molecule has 2 N–H and O–H groups in total. The summed E-state index contributed by atoms with van der Waals surface area (Å²) >= 11 is 0. The molecule has 0 radical (unpaired) electrons. The van der Waals surface area contributed by atoms with Crippen molar-refractivity contribution in [1.82, 2.24) is 14.8 Å². The van der Waals surface area contributed by atoms with Crippen molar-refractivity contribution in [3.05, 3.63) is 41.6 Å². The van der Waals surface area contributed by atoms with Crippen LogP contribution in [-0.2, 0) is 20.5 Å². The number of fused-ring (bicyclic) bond motifs is 3. The number of carbonyl (C=O) groups excluding carboxylic acids is 2. The summed E-state index contributed by atoms with van der Waals surface area (Å²) in [6, 6.07) is 7.73. The molecule has 0 bridgehead atoms. The lowest BCUT2D eigenvalue weighted by atomic mass is 9.66. The summed E-state index contributed by atoms with van der Waals surface area (Å²) in [5.41, 5.74) is 4.13. The summed E-state index contributed by atoms with van der Waals surface area (Å²) in [7, 11) is -0.932. The summed E-state index contributed by atoms with van der Waals surface area (Å²) in [5.74, 6) is -0.930. The highest BCUT2D eigenvalue weighted by Crippen LogP contribution is 2.56. The van der Waals surface area contributed by atoms with Crippen LogP contribution in [-0.4, -0.2) is 45.4 Å². The molecule has 3 aliphatic rings. The molecule has 1 aromatic carbocycles. The summed E-state index contributed by atoms with van der Waals surface area (Å²) < 4.78 is 6.81. The van der Waals surface area contributed by atoms with Gasteiger partial charge in [-0.15, -0.1) is 0 Å². The van der Waals surface area contributed by atoms with Gasteiger partial charge in [0.1, 0.15) is 11.7 Å². The van der Waals surface area contributed by atoms with Gasteiger partial charge in [0.15, 0.2) is 0 Å². The van der Waals surface area contributed by atoms with Gasteiger partial charge in [0.05, 0.1) is 11.6 Å². The smallest absolute Gasteiger partial charge is 0.332 e. The van der Waals surface area contributed by atoms with Crippen LogP contribution in [0.2, 0.25) is 0 Å². The Hall–Kier alpha value is -2.21. The second-order valence-corrected chi connectivity index (χ2v) is 9.22. The van der Waals surface area contributed by atoms with Crippen LogP contribution in [0.25, 0.3) is 16.6 Å². The maximum atomic E-state index is 13.5. The van der Waals surface area contributed by atoms with Crippen molar-refractivity contribution in [1.29, 1.82) is 0 Å². The molecule has 5 rings (SSSR count). The Morgan fingerprint density at radius 3 is 2.94 bits per heavy atom. The number of para-hydroxylation sites is 1. The maximum absolute atomic E-state index is 13.5. The van der Waals surface area contributed by atoms with Crippen LogP contribution in [0, 0.1) is 5.41 Å². The standard InChI is InChI=1S/C23H28N3O4P/c1-3-23-10-6-11-25-12-9-16-15-7-4-5-8-17(15)26(19(16)20(23)25)18(13-23)21(27)24-14(2)22(28)30-31-29/h4-5,7-8,13-14,20,29,31H,3,6,9-12H2,1-2H3,(H,24,27)/t14-,20-,23+/m1/s1. The molecule has 0 spiro atoms. The second kappa shape index (κ2) is 7.73. The SMILES string of the molecule is CC[C@@]12C=C(C(=O)N[C@H](C)C(=O)OPO)n3c4c(c5ccccc53)CCN(CCC1)[C@H]42. The molecule has 8 heteroatoms. The number of nitrogens with zero attached hydrogens (tertiary/aromatic N) is 2. The first-order valence-electron chi connectivity index (χ1n) is 11.0.